The molecule has 384 valence electrons. The average molecular weight is 957 g/mol. The number of ether oxygens (including phenoxy) is 8. The molecule has 0 amide bonds. The molecule has 9 aliphatic rings. The summed E-state index contributed by atoms with van der Waals surface area (Å²) in [5.41, 5.74) is 0.314. The third-order valence-electron chi connectivity index (χ3n) is 20.1. The van der Waals surface area contributed by atoms with Gasteiger partial charge < -0.3 is 89.0 Å². The number of rotatable bonds is 11. The molecule has 28 unspecified atom stereocenters. The monoisotopic (exact) mass is 957 g/mol. The predicted octanol–water partition coefficient (Wildman–Crippen LogP) is 0.601. The first kappa shape index (κ1) is 50.9. The van der Waals surface area contributed by atoms with Gasteiger partial charge in [-0.25, -0.2) is 0 Å². The van der Waals surface area contributed by atoms with Crippen molar-refractivity contribution in [1.82, 2.24) is 0 Å². The van der Waals surface area contributed by atoms with E-state index in [0.29, 0.717) is 12.3 Å². The Bertz CT molecular complexity index is 1800. The van der Waals surface area contributed by atoms with E-state index >= 15 is 0 Å². The van der Waals surface area contributed by atoms with E-state index in [1.165, 1.54) is 13.8 Å². The molecule has 5 aliphatic carbocycles. The highest BCUT2D eigenvalue weighted by Gasteiger charge is 2.83. The molecular formula is C49H80O18. The maximum atomic E-state index is 11.8. The van der Waals surface area contributed by atoms with Gasteiger partial charge in [0.15, 0.2) is 25.2 Å². The lowest BCUT2D eigenvalue weighted by atomic mass is 9.41. The molecule has 0 radical (unpaired) electrons. The van der Waals surface area contributed by atoms with Crippen LogP contribution in [0.3, 0.4) is 0 Å². The normalized spacial score (nSPS) is 58.3. The summed E-state index contributed by atoms with van der Waals surface area (Å²) in [7, 11) is 1.67. The van der Waals surface area contributed by atoms with Crippen LogP contribution < -0.4 is 0 Å². The van der Waals surface area contributed by atoms with Crippen molar-refractivity contribution >= 4 is 0 Å². The minimum absolute atomic E-state index is 0.00995. The summed E-state index contributed by atoms with van der Waals surface area (Å²) >= 11 is 0. The van der Waals surface area contributed by atoms with Crippen LogP contribution in [0.15, 0.2) is 11.6 Å². The number of hydrogen-bond acceptors (Lipinski definition) is 18. The molecule has 67 heavy (non-hydrogen) atoms. The topological polar surface area (TPSA) is 276 Å². The Labute approximate surface area is 393 Å². The van der Waals surface area contributed by atoms with Crippen molar-refractivity contribution < 1.29 is 89.0 Å². The molecule has 10 N–H and O–H groups in total. The maximum absolute atomic E-state index is 11.8. The molecule has 0 aromatic heterocycles. The fraction of sp³-hybridized carbons (Fsp3) is 0.959. The van der Waals surface area contributed by atoms with Crippen molar-refractivity contribution in [2.75, 3.05) is 20.3 Å². The van der Waals surface area contributed by atoms with E-state index in [1.807, 2.05) is 19.9 Å². The summed E-state index contributed by atoms with van der Waals surface area (Å²) in [6.07, 6.45) is -13.7. The van der Waals surface area contributed by atoms with Gasteiger partial charge in [-0.15, -0.1) is 0 Å². The SMILES string of the molecule is COC1OC(C=C(C)C)C(O)C1C1CCC2(C)C3CCC4C(C)(CO)C(OC5OC(COC6OC(C)C(O)C(O)C6O)C(O)C(O)C5OC5OC(C)C(O)C(O)C5O)CCC45CC35CCC12C. The first-order valence-corrected chi connectivity index (χ1v) is 25.0. The molecule has 5 saturated carbocycles. The van der Waals surface area contributed by atoms with E-state index in [2.05, 4.69) is 20.8 Å². The number of aliphatic hydroxyl groups excluding tert-OH is 10. The molecule has 18 heteroatoms. The highest BCUT2D eigenvalue weighted by atomic mass is 16.8. The first-order chi connectivity index (χ1) is 31.5. The largest absolute Gasteiger partial charge is 0.396 e. The van der Waals surface area contributed by atoms with Gasteiger partial charge >= 0.3 is 0 Å². The number of methoxy groups -OCH3 is 1. The van der Waals surface area contributed by atoms with Crippen molar-refractivity contribution in [3.05, 3.63) is 11.6 Å². The molecule has 0 bridgehead atoms. The van der Waals surface area contributed by atoms with Gasteiger partial charge in [-0.05, 0) is 125 Å². The van der Waals surface area contributed by atoms with Gasteiger partial charge in [0, 0.05) is 18.4 Å². The number of aliphatic hydroxyl groups is 10. The average Bonchev–Trinajstić information content (AvgIpc) is 3.76. The van der Waals surface area contributed by atoms with Crippen molar-refractivity contribution in [1.29, 1.82) is 0 Å². The molecule has 9 fully saturated rings. The van der Waals surface area contributed by atoms with Gasteiger partial charge in [0.25, 0.3) is 0 Å². The van der Waals surface area contributed by atoms with Crippen LogP contribution in [-0.4, -0.2) is 188 Å². The zero-order valence-electron chi connectivity index (χ0n) is 40.4. The van der Waals surface area contributed by atoms with Crippen LogP contribution >= 0.6 is 0 Å². The van der Waals surface area contributed by atoms with Gasteiger partial charge in [-0.1, -0.05) is 32.4 Å². The molecule has 28 atom stereocenters. The maximum Gasteiger partial charge on any atom is 0.187 e. The minimum atomic E-state index is -1.75. The fourth-order valence-corrected chi connectivity index (χ4v) is 16.2. The zero-order valence-corrected chi connectivity index (χ0v) is 40.4. The van der Waals surface area contributed by atoms with Crippen LogP contribution in [-0.2, 0) is 37.9 Å². The minimum Gasteiger partial charge on any atom is -0.396 e. The molecule has 4 saturated heterocycles. The lowest BCUT2D eigenvalue weighted by molar-refractivity contribution is -0.380. The molecule has 18 nitrogen and oxygen atoms in total. The fourth-order valence-electron chi connectivity index (χ4n) is 16.2. The highest BCUT2D eigenvalue weighted by molar-refractivity contribution is 5.31. The lowest BCUT2D eigenvalue weighted by Gasteiger charge is -2.64. The van der Waals surface area contributed by atoms with E-state index in [-0.39, 0.29) is 46.0 Å². The van der Waals surface area contributed by atoms with E-state index in [9.17, 15) is 51.1 Å². The van der Waals surface area contributed by atoms with Crippen LogP contribution in [0.1, 0.15) is 106 Å². The summed E-state index contributed by atoms with van der Waals surface area (Å²) < 4.78 is 48.9. The number of hydrogen-bond donors (Lipinski definition) is 10. The van der Waals surface area contributed by atoms with Crippen LogP contribution in [0.2, 0.25) is 0 Å². The standard InChI is InChI=1S/C49H80O18/c1-21(2)17-25-33(53)30(41(60-8)64-25)24-11-13-47(7)28-10-9-27-45(5,20-50)29(12-14-48(27)19-49(28,48)16-15-46(24,47)6)66-44-40(67-43-39(59)36(56)32(52)23(4)63-43)37(57)34(54)26(65-44)18-61-42-38(58)35(55)31(51)22(3)62-42/h17,22-44,50-59H,9-16,18-20H2,1-8H3. The van der Waals surface area contributed by atoms with Crippen LogP contribution in [0.5, 0.6) is 0 Å². The lowest BCUT2D eigenvalue weighted by Crippen LogP contribution is -2.66. The second kappa shape index (κ2) is 18.2. The number of fused-ring (bicyclic) bond motifs is 2. The molecule has 4 heterocycles. The Morgan fingerprint density at radius 2 is 1.22 bits per heavy atom. The highest BCUT2D eigenvalue weighted by Crippen LogP contribution is 2.89. The second-order valence-corrected chi connectivity index (χ2v) is 23.3. The Morgan fingerprint density at radius 1 is 0.597 bits per heavy atom. The van der Waals surface area contributed by atoms with Crippen LogP contribution in [0.4, 0.5) is 0 Å². The zero-order chi connectivity index (χ0) is 48.5. The summed E-state index contributed by atoms with van der Waals surface area (Å²) in [5.74, 6) is 0.597. The van der Waals surface area contributed by atoms with Gasteiger partial charge in [-0.3, -0.25) is 0 Å². The van der Waals surface area contributed by atoms with Gasteiger partial charge in [-0.2, -0.15) is 0 Å². The molecular weight excluding hydrogens is 877 g/mol. The van der Waals surface area contributed by atoms with Crippen molar-refractivity contribution in [3.8, 4) is 0 Å². The molecule has 4 aliphatic heterocycles. The van der Waals surface area contributed by atoms with Crippen LogP contribution in [0, 0.1) is 50.7 Å². The van der Waals surface area contributed by atoms with Gasteiger partial charge in [0.2, 0.25) is 0 Å². The van der Waals surface area contributed by atoms with E-state index in [0.717, 1.165) is 56.9 Å². The van der Waals surface area contributed by atoms with Crippen molar-refractivity contribution in [3.63, 3.8) is 0 Å². The molecule has 0 aromatic rings. The second-order valence-electron chi connectivity index (χ2n) is 23.3. The summed E-state index contributed by atoms with van der Waals surface area (Å²) in [6.45, 7) is 13.4. The summed E-state index contributed by atoms with van der Waals surface area (Å²) in [5, 5.41) is 110. The van der Waals surface area contributed by atoms with E-state index in [4.69, 9.17) is 37.9 Å². The third kappa shape index (κ3) is 7.71. The Kier molecular flexibility index (Phi) is 13.8. The Hall–Kier alpha value is -0.980. The van der Waals surface area contributed by atoms with Gasteiger partial charge in [0.1, 0.15) is 67.1 Å². The smallest absolute Gasteiger partial charge is 0.187 e. The number of allylic oxidation sites excluding steroid dienone is 1. The Morgan fingerprint density at radius 3 is 1.87 bits per heavy atom. The molecule has 2 spiro atoms. The first-order valence-electron chi connectivity index (χ1n) is 25.0. The Balaban J connectivity index is 0.953. The van der Waals surface area contributed by atoms with E-state index in [1.54, 1.807) is 7.11 Å². The summed E-state index contributed by atoms with van der Waals surface area (Å²) in [6, 6.07) is 0. The van der Waals surface area contributed by atoms with Gasteiger partial charge in [0.05, 0.1) is 37.6 Å². The van der Waals surface area contributed by atoms with E-state index < -0.39 is 129 Å². The third-order valence-corrected chi connectivity index (χ3v) is 20.1. The predicted molar refractivity (Wildman–Crippen MR) is 234 cm³/mol. The van der Waals surface area contributed by atoms with Crippen molar-refractivity contribution in [2.45, 2.75) is 223 Å². The summed E-state index contributed by atoms with van der Waals surface area (Å²) in [4.78, 5) is 0. The quantitative estimate of drug-likeness (QED) is 0.100. The van der Waals surface area contributed by atoms with Crippen LogP contribution in [0.25, 0.3) is 0 Å². The van der Waals surface area contributed by atoms with Crippen molar-refractivity contribution in [2.24, 2.45) is 50.7 Å². The molecule has 0 aromatic carbocycles. The molecule has 9 rings (SSSR count).